The lowest BCUT2D eigenvalue weighted by atomic mass is 10.0. The summed E-state index contributed by atoms with van der Waals surface area (Å²) in [6.07, 6.45) is 0.869. The van der Waals surface area contributed by atoms with Gasteiger partial charge in [-0.3, -0.25) is 10.1 Å². The first-order valence-electron chi connectivity index (χ1n) is 7.13. The zero-order chi connectivity index (χ0) is 16.4. The molecule has 7 heteroatoms. The summed E-state index contributed by atoms with van der Waals surface area (Å²) in [5.74, 6) is 0.685. The number of hydrogen-bond acceptors (Lipinski definition) is 4. The molecule has 0 radical (unpaired) electrons. The number of halogens is 2. The molecule has 1 unspecified atom stereocenters. The van der Waals surface area contributed by atoms with Gasteiger partial charge in [0.25, 0.3) is 5.69 Å². The van der Waals surface area contributed by atoms with Gasteiger partial charge < -0.3 is 5.32 Å². The first-order valence-corrected chi connectivity index (χ1v) is 8.49. The zero-order valence-corrected chi connectivity index (χ0v) is 13.7. The van der Waals surface area contributed by atoms with E-state index >= 15 is 0 Å². The molecule has 0 saturated heterocycles. The second-order valence-electron chi connectivity index (χ2n) is 5.29. The van der Waals surface area contributed by atoms with E-state index in [2.05, 4.69) is 5.32 Å². The molecule has 0 fully saturated rings. The van der Waals surface area contributed by atoms with Crippen molar-refractivity contribution in [3.05, 3.63) is 68.5 Å². The predicted molar refractivity (Wildman–Crippen MR) is 89.4 cm³/mol. The fraction of sp³-hybridized carbons (Fsp3) is 0.250. The van der Waals surface area contributed by atoms with Crippen LogP contribution in [0.1, 0.15) is 23.6 Å². The number of nitrogens with one attached hydrogen (secondary N) is 1. The van der Waals surface area contributed by atoms with E-state index in [9.17, 15) is 14.5 Å². The van der Waals surface area contributed by atoms with Gasteiger partial charge >= 0.3 is 0 Å². The number of rotatable bonds is 4. The molecule has 1 aliphatic heterocycles. The summed E-state index contributed by atoms with van der Waals surface area (Å²) in [5.41, 5.74) is 1.61. The first kappa shape index (κ1) is 16.2. The number of thioether (sulfide) groups is 1. The van der Waals surface area contributed by atoms with Crippen LogP contribution < -0.4 is 5.32 Å². The molecular formula is C16H14ClFN2O2S. The number of nitrogens with zero attached hydrogens (tertiary/aromatic N) is 1. The summed E-state index contributed by atoms with van der Waals surface area (Å²) in [4.78, 5) is 11.5. The van der Waals surface area contributed by atoms with E-state index in [1.807, 2.05) is 0 Å². The Balaban J connectivity index is 1.79. The van der Waals surface area contributed by atoms with Crippen LogP contribution in [0, 0.1) is 15.9 Å². The molecule has 2 aromatic rings. The molecule has 2 aromatic carbocycles. The lowest BCUT2D eigenvalue weighted by Gasteiger charge is -2.26. The molecule has 0 aromatic heterocycles. The standard InChI is InChI=1S/C16H14ClFN2O2S/c17-14-3-2-12(20(21)22)7-10(14)9-19-15-5-6-23-16-4-1-11(18)8-13(15)16/h1-4,7-8,15,19H,5-6,9H2. The van der Waals surface area contributed by atoms with E-state index in [0.717, 1.165) is 22.6 Å². The van der Waals surface area contributed by atoms with Crippen molar-refractivity contribution < 1.29 is 9.31 Å². The quantitative estimate of drug-likeness (QED) is 0.639. The molecule has 1 heterocycles. The van der Waals surface area contributed by atoms with E-state index < -0.39 is 4.92 Å². The fourth-order valence-corrected chi connectivity index (χ4v) is 3.91. The topological polar surface area (TPSA) is 55.2 Å². The molecule has 120 valence electrons. The highest BCUT2D eigenvalue weighted by Gasteiger charge is 2.21. The van der Waals surface area contributed by atoms with Crippen LogP contribution in [0.2, 0.25) is 5.02 Å². The minimum absolute atomic E-state index is 0.0110. The predicted octanol–water partition coefficient (Wildman–Crippen LogP) is 4.71. The summed E-state index contributed by atoms with van der Waals surface area (Å²) in [7, 11) is 0. The number of nitro benzene ring substituents is 1. The second kappa shape index (κ2) is 6.86. The Morgan fingerprint density at radius 3 is 2.96 bits per heavy atom. The average Bonchev–Trinajstić information content (AvgIpc) is 2.54. The maximum Gasteiger partial charge on any atom is 0.269 e. The van der Waals surface area contributed by atoms with Crippen molar-refractivity contribution in [3.8, 4) is 0 Å². The smallest absolute Gasteiger partial charge is 0.269 e. The Bertz CT molecular complexity index is 757. The maximum absolute atomic E-state index is 13.5. The van der Waals surface area contributed by atoms with Crippen LogP contribution in [0.25, 0.3) is 0 Å². The third-order valence-electron chi connectivity index (χ3n) is 3.79. The Morgan fingerprint density at radius 1 is 1.35 bits per heavy atom. The second-order valence-corrected chi connectivity index (χ2v) is 6.83. The van der Waals surface area contributed by atoms with Crippen molar-refractivity contribution in [2.45, 2.75) is 23.9 Å². The Morgan fingerprint density at radius 2 is 2.17 bits per heavy atom. The highest BCUT2D eigenvalue weighted by molar-refractivity contribution is 7.99. The monoisotopic (exact) mass is 352 g/mol. The van der Waals surface area contributed by atoms with Gasteiger partial charge in [-0.25, -0.2) is 4.39 Å². The summed E-state index contributed by atoms with van der Waals surface area (Å²) >= 11 is 7.83. The molecule has 4 nitrogen and oxygen atoms in total. The highest BCUT2D eigenvalue weighted by Crippen LogP contribution is 2.36. The van der Waals surface area contributed by atoms with E-state index in [0.29, 0.717) is 17.1 Å². The molecule has 1 N–H and O–H groups in total. The first-order chi connectivity index (χ1) is 11.0. The van der Waals surface area contributed by atoms with Gasteiger partial charge in [0.2, 0.25) is 0 Å². The van der Waals surface area contributed by atoms with Crippen LogP contribution in [-0.4, -0.2) is 10.7 Å². The van der Waals surface area contributed by atoms with Crippen molar-refractivity contribution in [3.63, 3.8) is 0 Å². The number of hydrogen-bond donors (Lipinski definition) is 1. The summed E-state index contributed by atoms with van der Waals surface area (Å²) in [6, 6.07) is 9.20. The third-order valence-corrected chi connectivity index (χ3v) is 5.28. The van der Waals surface area contributed by atoms with Gasteiger partial charge in [-0.2, -0.15) is 0 Å². The maximum atomic E-state index is 13.5. The average molecular weight is 353 g/mol. The summed E-state index contributed by atoms with van der Waals surface area (Å²) in [6.45, 7) is 0.395. The molecule has 3 rings (SSSR count). The van der Waals surface area contributed by atoms with E-state index in [1.54, 1.807) is 23.9 Å². The lowest BCUT2D eigenvalue weighted by Crippen LogP contribution is -2.24. The Kier molecular flexibility index (Phi) is 4.84. The Hall–Kier alpha value is -1.63. The molecule has 1 aliphatic rings. The van der Waals surface area contributed by atoms with Crippen molar-refractivity contribution in [1.29, 1.82) is 0 Å². The molecule has 23 heavy (non-hydrogen) atoms. The SMILES string of the molecule is O=[N+]([O-])c1ccc(Cl)c(CNC2CCSc3ccc(F)cc32)c1. The summed E-state index contributed by atoms with van der Waals surface area (Å²) < 4.78 is 13.5. The fourth-order valence-electron chi connectivity index (χ4n) is 2.62. The molecule has 1 atom stereocenters. The molecule has 0 spiro atoms. The Labute approximate surface area is 142 Å². The van der Waals surface area contributed by atoms with Crippen molar-refractivity contribution >= 4 is 29.1 Å². The number of fused-ring (bicyclic) bond motifs is 1. The zero-order valence-electron chi connectivity index (χ0n) is 12.1. The molecular weight excluding hydrogens is 339 g/mol. The normalized spacial score (nSPS) is 16.9. The van der Waals surface area contributed by atoms with Gasteiger partial charge in [0.1, 0.15) is 5.82 Å². The van der Waals surface area contributed by atoms with Crippen LogP contribution >= 0.6 is 23.4 Å². The molecule has 0 saturated carbocycles. The van der Waals surface area contributed by atoms with Crippen molar-refractivity contribution in [2.75, 3.05) is 5.75 Å². The minimum atomic E-state index is -0.443. The van der Waals surface area contributed by atoms with Crippen molar-refractivity contribution in [2.24, 2.45) is 0 Å². The minimum Gasteiger partial charge on any atom is -0.306 e. The number of nitro groups is 1. The van der Waals surface area contributed by atoms with Crippen LogP contribution in [-0.2, 0) is 6.54 Å². The van der Waals surface area contributed by atoms with E-state index in [1.165, 1.54) is 24.3 Å². The largest absolute Gasteiger partial charge is 0.306 e. The third kappa shape index (κ3) is 3.65. The van der Waals surface area contributed by atoms with Gasteiger partial charge in [-0.05, 0) is 47.6 Å². The van der Waals surface area contributed by atoms with E-state index in [4.69, 9.17) is 11.6 Å². The highest BCUT2D eigenvalue weighted by atomic mass is 35.5. The van der Waals surface area contributed by atoms with Crippen LogP contribution in [0.5, 0.6) is 0 Å². The van der Waals surface area contributed by atoms with Crippen LogP contribution in [0.3, 0.4) is 0 Å². The molecule has 0 amide bonds. The number of non-ortho nitro benzene ring substituents is 1. The van der Waals surface area contributed by atoms with Crippen molar-refractivity contribution in [1.82, 2.24) is 5.32 Å². The van der Waals surface area contributed by atoms with Gasteiger partial charge in [0.15, 0.2) is 0 Å². The lowest BCUT2D eigenvalue weighted by molar-refractivity contribution is -0.384. The van der Waals surface area contributed by atoms with Gasteiger partial charge in [0, 0.05) is 34.6 Å². The van der Waals surface area contributed by atoms with Gasteiger partial charge in [0.05, 0.1) is 4.92 Å². The van der Waals surface area contributed by atoms with Crippen LogP contribution in [0.4, 0.5) is 10.1 Å². The molecule has 0 bridgehead atoms. The number of benzene rings is 2. The summed E-state index contributed by atoms with van der Waals surface area (Å²) in [5, 5.41) is 14.7. The van der Waals surface area contributed by atoms with Crippen LogP contribution in [0.15, 0.2) is 41.3 Å². The van der Waals surface area contributed by atoms with Gasteiger partial charge in [-0.15, -0.1) is 11.8 Å². The van der Waals surface area contributed by atoms with E-state index in [-0.39, 0.29) is 17.5 Å². The van der Waals surface area contributed by atoms with Gasteiger partial charge in [-0.1, -0.05) is 11.6 Å². The molecule has 0 aliphatic carbocycles.